The molecule has 27 heavy (non-hydrogen) atoms. The molecule has 0 aromatic heterocycles. The first-order valence-corrected chi connectivity index (χ1v) is 9.46. The maximum Gasteiger partial charge on any atom is 0.418 e. The quantitative estimate of drug-likeness (QED) is 0.290. The summed E-state index contributed by atoms with van der Waals surface area (Å²) in [6.45, 7) is 0.0193. The SMILES string of the molecule is NN(C(=O)Cc1ccccc1)C(=O)[C@@H]1CC[C@@H]2CN1C(=O)N2OS(=O)(=O)O. The second kappa shape index (κ2) is 7.23. The highest BCUT2D eigenvalue weighted by molar-refractivity contribution is 7.80. The van der Waals surface area contributed by atoms with Crippen LogP contribution in [0.25, 0.3) is 0 Å². The second-order valence-corrected chi connectivity index (χ2v) is 7.28. The van der Waals surface area contributed by atoms with Gasteiger partial charge in [0.15, 0.2) is 0 Å². The lowest BCUT2D eigenvalue weighted by molar-refractivity contribution is -0.148. The first kappa shape index (κ1) is 19.2. The maximum absolute atomic E-state index is 12.6. The number of fused-ring (bicyclic) bond motifs is 2. The van der Waals surface area contributed by atoms with Crippen LogP contribution in [0, 0.1) is 0 Å². The lowest BCUT2D eigenvalue weighted by Gasteiger charge is -2.31. The molecule has 0 saturated carbocycles. The number of hydroxylamine groups is 2. The van der Waals surface area contributed by atoms with Crippen LogP contribution < -0.4 is 5.84 Å². The van der Waals surface area contributed by atoms with Crippen molar-refractivity contribution < 1.29 is 31.6 Å². The summed E-state index contributed by atoms with van der Waals surface area (Å²) in [5.41, 5.74) is 0.680. The largest absolute Gasteiger partial charge is 0.418 e. The first-order valence-electron chi connectivity index (χ1n) is 8.09. The van der Waals surface area contributed by atoms with Gasteiger partial charge in [-0.2, -0.15) is 13.5 Å². The Kier molecular flexibility index (Phi) is 5.15. The first-order chi connectivity index (χ1) is 12.7. The van der Waals surface area contributed by atoms with Crippen LogP contribution in [0.2, 0.25) is 0 Å². The van der Waals surface area contributed by atoms with Crippen LogP contribution in [-0.2, 0) is 30.7 Å². The fourth-order valence-corrected chi connectivity index (χ4v) is 3.62. The fourth-order valence-electron chi connectivity index (χ4n) is 3.23. The monoisotopic (exact) mass is 398 g/mol. The van der Waals surface area contributed by atoms with E-state index in [0.717, 1.165) is 4.90 Å². The lowest BCUT2D eigenvalue weighted by atomic mass is 10.00. The van der Waals surface area contributed by atoms with Gasteiger partial charge in [0.1, 0.15) is 6.04 Å². The van der Waals surface area contributed by atoms with Crippen LogP contribution in [-0.4, -0.2) is 64.4 Å². The highest BCUT2D eigenvalue weighted by Gasteiger charge is 2.50. The summed E-state index contributed by atoms with van der Waals surface area (Å²) in [5, 5.41) is 1.01. The Morgan fingerprint density at radius 3 is 2.56 bits per heavy atom. The molecule has 146 valence electrons. The van der Waals surface area contributed by atoms with Crippen LogP contribution in [0.4, 0.5) is 4.79 Å². The summed E-state index contributed by atoms with van der Waals surface area (Å²) in [6.07, 6.45) is 0.339. The van der Waals surface area contributed by atoms with Crippen LogP contribution in [0.1, 0.15) is 18.4 Å². The molecule has 2 aliphatic rings. The molecule has 2 atom stereocenters. The molecular formula is C15H18N4O7S. The van der Waals surface area contributed by atoms with Crippen molar-refractivity contribution in [3.05, 3.63) is 35.9 Å². The summed E-state index contributed by atoms with van der Waals surface area (Å²) in [7, 11) is -4.88. The summed E-state index contributed by atoms with van der Waals surface area (Å²) in [4.78, 5) is 38.3. The molecule has 3 N–H and O–H groups in total. The average Bonchev–Trinajstić information content (AvgIpc) is 2.85. The molecule has 0 unspecified atom stereocenters. The number of amides is 4. The minimum atomic E-state index is -4.88. The van der Waals surface area contributed by atoms with E-state index in [-0.39, 0.29) is 25.8 Å². The fraction of sp³-hybridized carbons (Fsp3) is 0.400. The number of carbonyl (C=O) groups excluding carboxylic acids is 3. The number of imide groups is 1. The number of carbonyl (C=O) groups is 3. The minimum absolute atomic E-state index is 0.0193. The van der Waals surface area contributed by atoms with Crippen LogP contribution in [0.3, 0.4) is 0 Å². The smallest absolute Gasteiger partial charge is 0.309 e. The minimum Gasteiger partial charge on any atom is -0.309 e. The number of piperidine rings is 1. The van der Waals surface area contributed by atoms with Gasteiger partial charge >= 0.3 is 16.4 Å². The molecule has 11 nitrogen and oxygen atoms in total. The highest BCUT2D eigenvalue weighted by atomic mass is 32.3. The van der Waals surface area contributed by atoms with Crippen molar-refractivity contribution in [1.82, 2.24) is 15.0 Å². The number of benzene rings is 1. The van der Waals surface area contributed by atoms with Crippen LogP contribution >= 0.6 is 0 Å². The van der Waals surface area contributed by atoms with Gasteiger partial charge in [-0.1, -0.05) is 30.3 Å². The molecule has 3 rings (SSSR count). The molecule has 2 aliphatic heterocycles. The summed E-state index contributed by atoms with van der Waals surface area (Å²) in [5.74, 6) is 4.27. The normalized spacial score (nSPS) is 22.1. The van der Waals surface area contributed by atoms with E-state index in [1.165, 1.54) is 0 Å². The van der Waals surface area contributed by atoms with Gasteiger partial charge in [-0.05, 0) is 18.4 Å². The van der Waals surface area contributed by atoms with E-state index in [1.807, 2.05) is 0 Å². The molecule has 2 fully saturated rings. The van der Waals surface area contributed by atoms with Gasteiger partial charge in [0.2, 0.25) is 5.91 Å². The van der Waals surface area contributed by atoms with Crippen molar-refractivity contribution >= 4 is 28.2 Å². The summed E-state index contributed by atoms with van der Waals surface area (Å²) >= 11 is 0. The molecule has 0 aliphatic carbocycles. The molecule has 12 heteroatoms. The zero-order valence-corrected chi connectivity index (χ0v) is 14.9. The third kappa shape index (κ3) is 4.08. The highest BCUT2D eigenvalue weighted by Crippen LogP contribution is 2.31. The van der Waals surface area contributed by atoms with Gasteiger partial charge < -0.3 is 4.90 Å². The second-order valence-electron chi connectivity index (χ2n) is 6.27. The van der Waals surface area contributed by atoms with E-state index in [1.54, 1.807) is 30.3 Å². The summed E-state index contributed by atoms with van der Waals surface area (Å²) in [6, 6.07) is 6.18. The number of nitrogens with zero attached hydrogens (tertiary/aromatic N) is 3. The number of rotatable bonds is 5. The Hall–Kier alpha value is -2.54. The van der Waals surface area contributed by atoms with E-state index < -0.39 is 40.3 Å². The zero-order chi connectivity index (χ0) is 19.8. The molecule has 4 amide bonds. The third-order valence-electron chi connectivity index (χ3n) is 4.49. The van der Waals surface area contributed by atoms with Gasteiger partial charge in [-0.15, -0.1) is 4.28 Å². The molecule has 1 aromatic rings. The van der Waals surface area contributed by atoms with E-state index in [2.05, 4.69) is 4.28 Å². The number of hydrogen-bond acceptors (Lipinski definition) is 7. The van der Waals surface area contributed by atoms with Gasteiger partial charge in [0, 0.05) is 6.54 Å². The van der Waals surface area contributed by atoms with Gasteiger partial charge in [0.25, 0.3) is 5.91 Å². The van der Waals surface area contributed by atoms with E-state index >= 15 is 0 Å². The molecule has 2 heterocycles. The molecule has 1 aromatic carbocycles. The molecule has 0 spiro atoms. The Morgan fingerprint density at radius 2 is 1.93 bits per heavy atom. The maximum atomic E-state index is 12.6. The Balaban J connectivity index is 1.69. The van der Waals surface area contributed by atoms with Gasteiger partial charge in [-0.25, -0.2) is 15.6 Å². The number of hydrogen-bond donors (Lipinski definition) is 2. The number of nitrogens with two attached hydrogens (primary N) is 1. The Morgan fingerprint density at radius 1 is 1.26 bits per heavy atom. The van der Waals surface area contributed by atoms with Crippen molar-refractivity contribution in [3.63, 3.8) is 0 Å². The van der Waals surface area contributed by atoms with Crippen molar-refractivity contribution in [2.45, 2.75) is 31.3 Å². The van der Waals surface area contributed by atoms with Gasteiger partial charge in [-0.3, -0.25) is 14.1 Å². The Labute approximate surface area is 155 Å². The average molecular weight is 398 g/mol. The van der Waals surface area contributed by atoms with Crippen molar-refractivity contribution in [1.29, 1.82) is 0 Å². The third-order valence-corrected chi connectivity index (χ3v) is 4.84. The number of urea groups is 1. The van der Waals surface area contributed by atoms with Crippen LogP contribution in [0.15, 0.2) is 30.3 Å². The van der Waals surface area contributed by atoms with Crippen LogP contribution in [0.5, 0.6) is 0 Å². The Bertz CT molecular complexity index is 860. The number of hydrazine groups is 1. The van der Waals surface area contributed by atoms with E-state index in [9.17, 15) is 22.8 Å². The zero-order valence-electron chi connectivity index (χ0n) is 14.1. The van der Waals surface area contributed by atoms with Crippen molar-refractivity contribution in [3.8, 4) is 0 Å². The molecule has 0 radical (unpaired) electrons. The predicted octanol–water partition coefficient (Wildman–Crippen LogP) is -0.539. The van der Waals surface area contributed by atoms with Crippen molar-refractivity contribution in [2.75, 3.05) is 6.54 Å². The summed E-state index contributed by atoms with van der Waals surface area (Å²) < 4.78 is 34.9. The standard InChI is InChI=1S/C15H18N4O7S/c16-18(13(20)8-10-4-2-1-3-5-10)14(21)12-7-6-11-9-17(12)15(22)19(11)26-27(23,24)25/h1-5,11-12H,6-9,16H2,(H,23,24,25)/t11-,12+/m1/s1. The topological polar surface area (TPSA) is 151 Å². The molecule has 2 bridgehead atoms. The van der Waals surface area contributed by atoms with Crippen molar-refractivity contribution in [2.24, 2.45) is 5.84 Å². The molecule has 2 saturated heterocycles. The molecular weight excluding hydrogens is 380 g/mol. The lowest BCUT2D eigenvalue weighted by Crippen LogP contribution is -2.55. The van der Waals surface area contributed by atoms with E-state index in [4.69, 9.17) is 10.4 Å². The van der Waals surface area contributed by atoms with Gasteiger partial charge in [0.05, 0.1) is 12.5 Å². The predicted molar refractivity (Wildman–Crippen MR) is 89.6 cm³/mol. The van der Waals surface area contributed by atoms with E-state index in [0.29, 0.717) is 15.6 Å².